The molecule has 0 aromatic heterocycles. The lowest BCUT2D eigenvalue weighted by Crippen LogP contribution is -2.21. The largest absolute Gasteiger partial charge is 0.393 e. The number of hydrogen-bond donors (Lipinski definition) is 1. The molecule has 0 spiro atoms. The van der Waals surface area contributed by atoms with E-state index in [-0.39, 0.29) is 6.10 Å². The van der Waals surface area contributed by atoms with E-state index < -0.39 is 0 Å². The summed E-state index contributed by atoms with van der Waals surface area (Å²) in [6.07, 6.45) is 6.43. The third kappa shape index (κ3) is 7.76. The summed E-state index contributed by atoms with van der Waals surface area (Å²) >= 11 is 0. The van der Waals surface area contributed by atoms with E-state index in [0.717, 1.165) is 13.0 Å². The van der Waals surface area contributed by atoms with Gasteiger partial charge in [0.05, 0.1) is 6.10 Å². The Kier molecular flexibility index (Phi) is 7.11. The first-order valence-electron chi connectivity index (χ1n) is 4.68. The Morgan fingerprint density at radius 1 is 1.50 bits per heavy atom. The van der Waals surface area contributed by atoms with Gasteiger partial charge in [0.1, 0.15) is 0 Å². The normalized spacial score (nSPS) is 19.7. The maximum absolute atomic E-state index is 8.36. The van der Waals surface area contributed by atoms with Gasteiger partial charge in [0.2, 0.25) is 0 Å². The molecule has 1 aliphatic rings. The molecule has 0 saturated carbocycles. The number of hydrogen-bond acceptors (Lipinski definition) is 2. The molecule has 2 nitrogen and oxygen atoms in total. The van der Waals surface area contributed by atoms with E-state index in [4.69, 9.17) is 5.11 Å². The average molecular weight is 171 g/mol. The predicted molar refractivity (Wildman–Crippen MR) is 53.2 cm³/mol. The zero-order valence-electron chi connectivity index (χ0n) is 8.45. The Balaban J connectivity index is 0.000000217. The van der Waals surface area contributed by atoms with Crippen LogP contribution in [0.2, 0.25) is 0 Å². The number of aliphatic hydroxyl groups excluding tert-OH is 1. The molecule has 0 bridgehead atoms. The van der Waals surface area contributed by atoms with Crippen LogP contribution in [0.5, 0.6) is 0 Å². The average Bonchev–Trinajstić information content (AvgIpc) is 2.07. The molecule has 0 saturated heterocycles. The zero-order chi connectivity index (χ0) is 9.40. The molecule has 0 radical (unpaired) electrons. The van der Waals surface area contributed by atoms with Crippen molar-refractivity contribution >= 4 is 0 Å². The zero-order valence-corrected chi connectivity index (χ0v) is 8.45. The van der Waals surface area contributed by atoms with Gasteiger partial charge in [0.15, 0.2) is 0 Å². The Bertz CT molecular complexity index is 121. The first kappa shape index (κ1) is 11.7. The lowest BCUT2D eigenvalue weighted by Gasteiger charge is -2.15. The van der Waals surface area contributed by atoms with Gasteiger partial charge in [-0.05, 0) is 26.8 Å². The highest BCUT2D eigenvalue weighted by Gasteiger charge is 1.95. The highest BCUT2D eigenvalue weighted by atomic mass is 16.3. The molecule has 1 aliphatic heterocycles. The number of likely N-dealkylation sites (N-methyl/N-ethyl adjacent to an activating group) is 1. The second-order valence-corrected chi connectivity index (χ2v) is 3.28. The number of nitrogens with zero attached hydrogens (tertiary/aromatic N) is 1. The Labute approximate surface area is 75.9 Å². The van der Waals surface area contributed by atoms with Crippen LogP contribution in [0.15, 0.2) is 12.2 Å². The van der Waals surface area contributed by atoms with Gasteiger partial charge in [-0.2, -0.15) is 0 Å². The molecule has 12 heavy (non-hydrogen) atoms. The van der Waals surface area contributed by atoms with E-state index in [1.165, 1.54) is 13.0 Å². The monoisotopic (exact) mass is 171 g/mol. The molecule has 0 aromatic rings. The van der Waals surface area contributed by atoms with Crippen molar-refractivity contribution in [2.75, 3.05) is 20.1 Å². The molecule has 72 valence electrons. The van der Waals surface area contributed by atoms with Crippen LogP contribution < -0.4 is 0 Å². The van der Waals surface area contributed by atoms with Gasteiger partial charge in [-0.25, -0.2) is 0 Å². The van der Waals surface area contributed by atoms with Crippen LogP contribution in [0, 0.1) is 0 Å². The van der Waals surface area contributed by atoms with Crippen LogP contribution in [-0.4, -0.2) is 36.2 Å². The van der Waals surface area contributed by atoms with Crippen molar-refractivity contribution in [3.05, 3.63) is 12.2 Å². The standard InChI is InChI=1S/C6H11N.C4H10O/c1-7-5-3-2-4-6-7;1-3-4(2)5/h2-3H,4-6H2,1H3;4-5H,3H2,1-2H3. The Hall–Kier alpha value is -0.340. The van der Waals surface area contributed by atoms with E-state index in [1.807, 2.05) is 6.92 Å². The van der Waals surface area contributed by atoms with E-state index >= 15 is 0 Å². The van der Waals surface area contributed by atoms with Crippen LogP contribution in [0.25, 0.3) is 0 Å². The molecule has 1 unspecified atom stereocenters. The fourth-order valence-electron chi connectivity index (χ4n) is 0.759. The number of aliphatic hydroxyl groups is 1. The molecule has 1 heterocycles. The second kappa shape index (κ2) is 7.32. The van der Waals surface area contributed by atoms with Crippen molar-refractivity contribution in [2.24, 2.45) is 0 Å². The van der Waals surface area contributed by atoms with Crippen LogP contribution in [-0.2, 0) is 0 Å². The minimum absolute atomic E-state index is 0.116. The highest BCUT2D eigenvalue weighted by Crippen LogP contribution is 1.95. The summed E-state index contributed by atoms with van der Waals surface area (Å²) in [5, 5.41) is 8.36. The molecule has 1 rings (SSSR count). The van der Waals surface area contributed by atoms with Crippen LogP contribution in [0.4, 0.5) is 0 Å². The molecule has 1 N–H and O–H groups in total. The molecule has 0 fully saturated rings. The summed E-state index contributed by atoms with van der Waals surface area (Å²) < 4.78 is 0. The lowest BCUT2D eigenvalue weighted by molar-refractivity contribution is 0.191. The minimum Gasteiger partial charge on any atom is -0.393 e. The molecule has 0 aliphatic carbocycles. The molecule has 1 atom stereocenters. The highest BCUT2D eigenvalue weighted by molar-refractivity contribution is 4.89. The molecular weight excluding hydrogens is 150 g/mol. The quantitative estimate of drug-likeness (QED) is 0.606. The second-order valence-electron chi connectivity index (χ2n) is 3.28. The fourth-order valence-corrected chi connectivity index (χ4v) is 0.759. The molecule has 2 heteroatoms. The van der Waals surface area contributed by atoms with E-state index in [1.54, 1.807) is 6.92 Å². The predicted octanol–water partition coefficient (Wildman–Crippen LogP) is 1.66. The maximum atomic E-state index is 8.36. The topological polar surface area (TPSA) is 23.5 Å². The van der Waals surface area contributed by atoms with Crippen molar-refractivity contribution in [1.82, 2.24) is 4.90 Å². The first-order chi connectivity index (χ1) is 5.66. The summed E-state index contributed by atoms with van der Waals surface area (Å²) in [4.78, 5) is 2.31. The van der Waals surface area contributed by atoms with Crippen molar-refractivity contribution < 1.29 is 5.11 Å². The third-order valence-corrected chi connectivity index (χ3v) is 1.85. The fraction of sp³-hybridized carbons (Fsp3) is 0.800. The Morgan fingerprint density at radius 3 is 2.25 bits per heavy atom. The van der Waals surface area contributed by atoms with Gasteiger partial charge in [0, 0.05) is 13.1 Å². The van der Waals surface area contributed by atoms with E-state index in [0.29, 0.717) is 0 Å². The third-order valence-electron chi connectivity index (χ3n) is 1.85. The summed E-state index contributed by atoms with van der Waals surface area (Å²) in [6.45, 7) is 6.10. The molecule has 0 amide bonds. The van der Waals surface area contributed by atoms with Crippen molar-refractivity contribution in [3.8, 4) is 0 Å². The van der Waals surface area contributed by atoms with Crippen LogP contribution >= 0.6 is 0 Å². The van der Waals surface area contributed by atoms with E-state index in [2.05, 4.69) is 24.1 Å². The summed E-state index contributed by atoms with van der Waals surface area (Å²) in [6, 6.07) is 0. The summed E-state index contributed by atoms with van der Waals surface area (Å²) in [7, 11) is 2.14. The molecule has 0 aromatic carbocycles. The van der Waals surface area contributed by atoms with Gasteiger partial charge >= 0.3 is 0 Å². The minimum atomic E-state index is -0.116. The summed E-state index contributed by atoms with van der Waals surface area (Å²) in [5.41, 5.74) is 0. The Morgan fingerprint density at radius 2 is 2.08 bits per heavy atom. The van der Waals surface area contributed by atoms with Crippen molar-refractivity contribution in [3.63, 3.8) is 0 Å². The van der Waals surface area contributed by atoms with Gasteiger partial charge in [-0.1, -0.05) is 19.1 Å². The van der Waals surface area contributed by atoms with Gasteiger partial charge in [0.25, 0.3) is 0 Å². The number of rotatable bonds is 1. The summed E-state index contributed by atoms with van der Waals surface area (Å²) in [5.74, 6) is 0. The first-order valence-corrected chi connectivity index (χ1v) is 4.68. The van der Waals surface area contributed by atoms with Gasteiger partial charge in [-0.15, -0.1) is 0 Å². The smallest absolute Gasteiger partial charge is 0.0509 e. The maximum Gasteiger partial charge on any atom is 0.0509 e. The van der Waals surface area contributed by atoms with E-state index in [9.17, 15) is 0 Å². The van der Waals surface area contributed by atoms with Crippen molar-refractivity contribution in [1.29, 1.82) is 0 Å². The van der Waals surface area contributed by atoms with Crippen molar-refractivity contribution in [2.45, 2.75) is 32.8 Å². The van der Waals surface area contributed by atoms with Crippen LogP contribution in [0.1, 0.15) is 26.7 Å². The SMILES string of the molecule is CCC(C)O.CN1CC=CCC1. The molecular formula is C10H21NO. The van der Waals surface area contributed by atoms with Gasteiger partial charge in [-0.3, -0.25) is 0 Å². The lowest BCUT2D eigenvalue weighted by atomic mass is 10.3. The van der Waals surface area contributed by atoms with Gasteiger partial charge < -0.3 is 10.0 Å². The van der Waals surface area contributed by atoms with Crippen LogP contribution in [0.3, 0.4) is 0 Å².